The van der Waals surface area contributed by atoms with Gasteiger partial charge in [0.25, 0.3) is 10.0 Å². The highest BCUT2D eigenvalue weighted by atomic mass is 32.2. The summed E-state index contributed by atoms with van der Waals surface area (Å²) < 4.78 is 27.9. The van der Waals surface area contributed by atoms with Gasteiger partial charge in [-0.25, -0.2) is 13.4 Å². The molecule has 0 fully saturated rings. The third-order valence-electron chi connectivity index (χ3n) is 4.26. The number of hydrogen-bond donors (Lipinski definition) is 2. The number of para-hydroxylation sites is 1. The molecule has 0 radical (unpaired) electrons. The van der Waals surface area contributed by atoms with Crippen molar-refractivity contribution in [1.82, 2.24) is 15.2 Å². The molecule has 3 rings (SSSR count). The molecule has 0 unspecified atom stereocenters. The fourth-order valence-corrected chi connectivity index (χ4v) is 3.89. The molecule has 0 spiro atoms. The second-order valence-electron chi connectivity index (χ2n) is 6.17. The zero-order valence-corrected chi connectivity index (χ0v) is 16.7. The monoisotopic (exact) mass is 397 g/mol. The Morgan fingerprint density at radius 3 is 2.25 bits per heavy atom. The van der Waals surface area contributed by atoms with Crippen molar-refractivity contribution >= 4 is 21.7 Å². The van der Waals surface area contributed by atoms with E-state index >= 15 is 0 Å². The predicted octanol–water partition coefficient (Wildman–Crippen LogP) is 3.41. The first-order valence-corrected chi connectivity index (χ1v) is 10.6. The normalized spacial score (nSPS) is 11.2. The Balaban J connectivity index is 1.78. The number of nitrogens with one attached hydrogen (secondary N) is 2. The average molecular weight is 398 g/mol. The van der Waals surface area contributed by atoms with E-state index in [9.17, 15) is 8.42 Å². The van der Waals surface area contributed by atoms with Crippen molar-refractivity contribution in [2.24, 2.45) is 0 Å². The molecule has 0 saturated heterocycles. The molecule has 2 N–H and O–H groups in total. The van der Waals surface area contributed by atoms with Crippen molar-refractivity contribution < 1.29 is 8.42 Å². The van der Waals surface area contributed by atoms with Gasteiger partial charge in [-0.05, 0) is 36.6 Å². The Kier molecular flexibility index (Phi) is 6.20. The van der Waals surface area contributed by atoms with Gasteiger partial charge >= 0.3 is 0 Å². The lowest BCUT2D eigenvalue weighted by atomic mass is 10.2. The van der Waals surface area contributed by atoms with Gasteiger partial charge in [0.05, 0.1) is 22.0 Å². The second kappa shape index (κ2) is 8.79. The molecule has 0 saturated carbocycles. The predicted molar refractivity (Wildman–Crippen MR) is 110 cm³/mol. The first-order valence-electron chi connectivity index (χ1n) is 9.15. The second-order valence-corrected chi connectivity index (χ2v) is 7.85. The summed E-state index contributed by atoms with van der Waals surface area (Å²) >= 11 is 0. The molecule has 0 aliphatic rings. The van der Waals surface area contributed by atoms with Crippen LogP contribution in [0.25, 0.3) is 0 Å². The van der Waals surface area contributed by atoms with Crippen LogP contribution in [0.1, 0.15) is 30.8 Å². The van der Waals surface area contributed by atoms with Crippen LogP contribution >= 0.6 is 0 Å². The number of nitrogens with zero attached hydrogens (tertiary/aromatic N) is 3. The van der Waals surface area contributed by atoms with Crippen LogP contribution in [0.15, 0.2) is 59.5 Å². The van der Waals surface area contributed by atoms with Crippen LogP contribution < -0.4 is 10.0 Å². The van der Waals surface area contributed by atoms with Crippen LogP contribution in [0.4, 0.5) is 11.6 Å². The van der Waals surface area contributed by atoms with E-state index in [4.69, 9.17) is 0 Å². The van der Waals surface area contributed by atoms with Crippen LogP contribution in [-0.4, -0.2) is 23.6 Å². The summed E-state index contributed by atoms with van der Waals surface area (Å²) in [5, 5.41) is 11.5. The average Bonchev–Trinajstić information content (AvgIpc) is 2.73. The van der Waals surface area contributed by atoms with Gasteiger partial charge in [0.2, 0.25) is 5.95 Å². The van der Waals surface area contributed by atoms with Gasteiger partial charge in [-0.3, -0.25) is 4.72 Å². The lowest BCUT2D eigenvalue weighted by Crippen LogP contribution is -2.15. The highest BCUT2D eigenvalue weighted by Gasteiger charge is 2.15. The molecule has 0 atom stereocenters. The Morgan fingerprint density at radius 2 is 1.54 bits per heavy atom. The van der Waals surface area contributed by atoms with Crippen LogP contribution in [0.2, 0.25) is 0 Å². The summed E-state index contributed by atoms with van der Waals surface area (Å²) in [5.41, 5.74) is 3.10. The minimum Gasteiger partial charge on any atom is -0.349 e. The number of aryl methyl sites for hydroxylation is 2. The van der Waals surface area contributed by atoms with E-state index in [0.717, 1.165) is 29.8 Å². The summed E-state index contributed by atoms with van der Waals surface area (Å²) in [7, 11) is -3.66. The van der Waals surface area contributed by atoms with Gasteiger partial charge in [-0.15, -0.1) is 5.10 Å². The van der Waals surface area contributed by atoms with Crippen LogP contribution in [0.3, 0.4) is 0 Å². The first-order chi connectivity index (χ1) is 13.5. The van der Waals surface area contributed by atoms with Crippen molar-refractivity contribution in [2.75, 3.05) is 10.0 Å². The maximum absolute atomic E-state index is 12.6. The van der Waals surface area contributed by atoms with Crippen LogP contribution in [0.5, 0.6) is 0 Å². The van der Waals surface area contributed by atoms with Crippen LogP contribution in [-0.2, 0) is 29.4 Å². The molecule has 8 heteroatoms. The molecule has 7 nitrogen and oxygen atoms in total. The lowest BCUT2D eigenvalue weighted by molar-refractivity contribution is 0.601. The van der Waals surface area contributed by atoms with Crippen molar-refractivity contribution in [2.45, 2.75) is 38.1 Å². The molecular weight excluding hydrogens is 374 g/mol. The van der Waals surface area contributed by atoms with E-state index in [1.807, 2.05) is 26.0 Å². The van der Waals surface area contributed by atoms with Crippen molar-refractivity contribution in [3.8, 4) is 0 Å². The molecule has 2 aromatic carbocycles. The number of benzene rings is 2. The number of rotatable bonds is 8. The third kappa shape index (κ3) is 4.64. The van der Waals surface area contributed by atoms with E-state index in [0.29, 0.717) is 18.2 Å². The molecule has 0 amide bonds. The SMILES string of the molecule is CCc1nnc(NCc2ccccc2NS(=O)(=O)c2ccccc2)nc1CC. The van der Waals surface area contributed by atoms with Gasteiger partial charge < -0.3 is 5.32 Å². The largest absolute Gasteiger partial charge is 0.349 e. The maximum atomic E-state index is 12.6. The van der Waals surface area contributed by atoms with Crippen molar-refractivity contribution in [3.05, 3.63) is 71.5 Å². The number of hydrogen-bond acceptors (Lipinski definition) is 6. The van der Waals surface area contributed by atoms with Gasteiger partial charge in [0.15, 0.2) is 0 Å². The molecular formula is C20H23N5O2S. The van der Waals surface area contributed by atoms with Gasteiger partial charge in [-0.2, -0.15) is 5.10 Å². The zero-order chi connectivity index (χ0) is 20.0. The molecule has 1 heterocycles. The van der Waals surface area contributed by atoms with Crippen LogP contribution in [0, 0.1) is 0 Å². The molecule has 3 aromatic rings. The number of sulfonamides is 1. The van der Waals surface area contributed by atoms with Gasteiger partial charge in [-0.1, -0.05) is 50.2 Å². The Hall–Kier alpha value is -3.00. The van der Waals surface area contributed by atoms with Gasteiger partial charge in [0.1, 0.15) is 0 Å². The fourth-order valence-electron chi connectivity index (χ4n) is 2.76. The Labute approximate surface area is 165 Å². The highest BCUT2D eigenvalue weighted by Crippen LogP contribution is 2.21. The minimum atomic E-state index is -3.66. The molecule has 0 bridgehead atoms. The fraction of sp³-hybridized carbons (Fsp3) is 0.250. The standard InChI is InChI=1S/C20H23N5O2S/c1-3-17-18(4-2)23-24-20(22-17)21-14-15-10-8-9-13-19(15)25-28(26,27)16-11-6-5-7-12-16/h5-13,25H,3-4,14H2,1-2H3,(H,21,22,24). The smallest absolute Gasteiger partial charge is 0.261 e. The van der Waals surface area contributed by atoms with E-state index in [1.165, 1.54) is 0 Å². The third-order valence-corrected chi connectivity index (χ3v) is 5.64. The summed E-state index contributed by atoms with van der Waals surface area (Å²) in [6.45, 7) is 4.41. The Bertz CT molecular complexity index is 1040. The quantitative estimate of drug-likeness (QED) is 0.605. The lowest BCUT2D eigenvalue weighted by Gasteiger charge is -2.13. The molecule has 146 valence electrons. The van der Waals surface area contributed by atoms with E-state index in [-0.39, 0.29) is 4.90 Å². The topological polar surface area (TPSA) is 96.9 Å². The number of anilines is 2. The first kappa shape index (κ1) is 19.8. The van der Waals surface area contributed by atoms with Gasteiger partial charge in [0, 0.05) is 6.54 Å². The summed E-state index contributed by atoms with van der Waals surface area (Å²) in [6, 6.07) is 15.5. The number of aromatic nitrogens is 3. The summed E-state index contributed by atoms with van der Waals surface area (Å²) in [4.78, 5) is 4.72. The summed E-state index contributed by atoms with van der Waals surface area (Å²) in [6.07, 6.45) is 1.56. The molecule has 0 aliphatic carbocycles. The highest BCUT2D eigenvalue weighted by molar-refractivity contribution is 7.92. The van der Waals surface area contributed by atoms with E-state index in [2.05, 4.69) is 25.2 Å². The van der Waals surface area contributed by atoms with E-state index < -0.39 is 10.0 Å². The van der Waals surface area contributed by atoms with Crippen molar-refractivity contribution in [1.29, 1.82) is 0 Å². The minimum absolute atomic E-state index is 0.216. The summed E-state index contributed by atoms with van der Waals surface area (Å²) in [5.74, 6) is 0.426. The maximum Gasteiger partial charge on any atom is 0.261 e. The molecule has 28 heavy (non-hydrogen) atoms. The zero-order valence-electron chi connectivity index (χ0n) is 15.9. The molecule has 1 aromatic heterocycles. The van der Waals surface area contributed by atoms with E-state index in [1.54, 1.807) is 42.5 Å². The molecule has 0 aliphatic heterocycles. The Morgan fingerprint density at radius 1 is 0.857 bits per heavy atom. The van der Waals surface area contributed by atoms with Crippen molar-refractivity contribution in [3.63, 3.8) is 0 Å².